The predicted octanol–water partition coefficient (Wildman–Crippen LogP) is 1.30. The molecule has 0 saturated carbocycles. The van der Waals surface area contributed by atoms with Gasteiger partial charge in [0.05, 0.1) is 19.0 Å². The van der Waals surface area contributed by atoms with Gasteiger partial charge < -0.3 is 20.6 Å². The van der Waals surface area contributed by atoms with E-state index >= 15 is 0 Å². The van der Waals surface area contributed by atoms with E-state index < -0.39 is 0 Å². The number of nitrogens with two attached hydrogens (primary N) is 1. The number of aromatic nitrogens is 3. The average Bonchev–Trinajstić information content (AvgIpc) is 2.95. The van der Waals surface area contributed by atoms with Crippen LogP contribution in [0.5, 0.6) is 5.75 Å². The zero-order chi connectivity index (χ0) is 18.2. The largest absolute Gasteiger partial charge is 0.494 e. The minimum atomic E-state index is -0.111. The number of benzene rings is 1. The molecule has 0 aliphatic carbocycles. The Hall–Kier alpha value is -2.26. The topological polar surface area (TPSA) is 104 Å². The summed E-state index contributed by atoms with van der Waals surface area (Å²) in [5.74, 6) is 7.45. The van der Waals surface area contributed by atoms with E-state index in [0.717, 1.165) is 11.3 Å². The number of hydrogen-bond donors (Lipinski definition) is 2. The molecule has 0 bridgehead atoms. The highest BCUT2D eigenvalue weighted by atomic mass is 32.2. The first-order chi connectivity index (χ1) is 12.0. The highest BCUT2D eigenvalue weighted by Gasteiger charge is 2.14. The molecule has 0 radical (unpaired) electrons. The van der Waals surface area contributed by atoms with E-state index in [9.17, 15) is 4.79 Å². The lowest BCUT2D eigenvalue weighted by Gasteiger charge is -2.12. The number of thioether (sulfide) groups is 1. The van der Waals surface area contributed by atoms with Crippen molar-refractivity contribution in [2.24, 2.45) is 0 Å². The molecule has 8 nitrogen and oxygen atoms in total. The quantitative estimate of drug-likeness (QED) is 0.510. The number of rotatable bonds is 9. The predicted molar refractivity (Wildman–Crippen MR) is 97.0 cm³/mol. The third-order valence-corrected chi connectivity index (χ3v) is 4.19. The van der Waals surface area contributed by atoms with Crippen LogP contribution >= 0.6 is 11.8 Å². The Morgan fingerprint density at radius 2 is 2.08 bits per heavy atom. The molecule has 25 heavy (non-hydrogen) atoms. The third kappa shape index (κ3) is 5.36. The SMILES string of the molecule is CCOc1ccc(-c2nnc(SCC(=O)N[C@@H](C)COC)n2N)cc1. The maximum absolute atomic E-state index is 11.9. The molecular weight excluding hydrogens is 342 g/mol. The van der Waals surface area contributed by atoms with Crippen LogP contribution in [-0.2, 0) is 9.53 Å². The number of nitrogen functional groups attached to an aromatic ring is 1. The van der Waals surface area contributed by atoms with Crippen LogP contribution < -0.4 is 15.9 Å². The van der Waals surface area contributed by atoms with Gasteiger partial charge in [0.25, 0.3) is 0 Å². The highest BCUT2D eigenvalue weighted by Crippen LogP contribution is 2.23. The van der Waals surface area contributed by atoms with Crippen LogP contribution in [0.15, 0.2) is 29.4 Å². The molecule has 0 spiro atoms. The summed E-state index contributed by atoms with van der Waals surface area (Å²) in [5, 5.41) is 11.5. The Morgan fingerprint density at radius 1 is 1.36 bits per heavy atom. The van der Waals surface area contributed by atoms with Crippen LogP contribution in [0, 0.1) is 0 Å². The van der Waals surface area contributed by atoms with Crippen molar-refractivity contribution in [1.29, 1.82) is 0 Å². The first-order valence-electron chi connectivity index (χ1n) is 7.90. The fourth-order valence-corrected chi connectivity index (χ4v) is 2.85. The lowest BCUT2D eigenvalue weighted by atomic mass is 10.2. The summed E-state index contributed by atoms with van der Waals surface area (Å²) >= 11 is 1.23. The van der Waals surface area contributed by atoms with Crippen LogP contribution in [0.25, 0.3) is 11.4 Å². The van der Waals surface area contributed by atoms with Gasteiger partial charge >= 0.3 is 0 Å². The molecule has 0 aliphatic rings. The zero-order valence-corrected chi connectivity index (χ0v) is 15.4. The normalized spacial score (nSPS) is 12.0. The standard InChI is InChI=1S/C16H23N5O3S/c1-4-24-13-7-5-12(6-8-13)15-19-20-16(21(15)17)25-10-14(22)18-11(2)9-23-3/h5-8,11H,4,9-10,17H2,1-3H3,(H,18,22)/t11-/m0/s1. The van der Waals surface area contributed by atoms with E-state index in [0.29, 0.717) is 24.2 Å². The van der Waals surface area contributed by atoms with Crippen LogP contribution in [-0.4, -0.2) is 52.9 Å². The molecule has 0 unspecified atom stereocenters. The Morgan fingerprint density at radius 3 is 2.72 bits per heavy atom. The summed E-state index contributed by atoms with van der Waals surface area (Å²) < 4.78 is 11.8. The van der Waals surface area contributed by atoms with Crippen LogP contribution in [0.3, 0.4) is 0 Å². The lowest BCUT2D eigenvalue weighted by molar-refractivity contribution is -0.119. The molecule has 2 aromatic rings. The van der Waals surface area contributed by atoms with Gasteiger partial charge in [0.1, 0.15) is 5.75 Å². The van der Waals surface area contributed by atoms with Crippen molar-refractivity contribution in [3.05, 3.63) is 24.3 Å². The Bertz CT molecular complexity index is 690. The van der Waals surface area contributed by atoms with Crippen molar-refractivity contribution in [3.8, 4) is 17.1 Å². The highest BCUT2D eigenvalue weighted by molar-refractivity contribution is 7.99. The Kier molecular flexibility index (Phi) is 7.08. The van der Waals surface area contributed by atoms with Crippen molar-refractivity contribution in [1.82, 2.24) is 20.2 Å². The molecule has 1 atom stereocenters. The number of carbonyl (C=O) groups excluding carboxylic acids is 1. The maximum atomic E-state index is 11.9. The molecule has 0 saturated heterocycles. The van der Waals surface area contributed by atoms with Gasteiger partial charge in [-0.15, -0.1) is 10.2 Å². The van der Waals surface area contributed by atoms with E-state index in [2.05, 4.69) is 15.5 Å². The third-order valence-electron chi connectivity index (χ3n) is 3.24. The summed E-state index contributed by atoms with van der Waals surface area (Å²) in [4.78, 5) is 11.9. The molecule has 1 heterocycles. The number of ether oxygens (including phenoxy) is 2. The number of carbonyl (C=O) groups is 1. The minimum Gasteiger partial charge on any atom is -0.494 e. The monoisotopic (exact) mass is 365 g/mol. The second kappa shape index (κ2) is 9.28. The van der Waals surface area contributed by atoms with Crippen LogP contribution in [0.4, 0.5) is 0 Å². The Labute approximate surface area is 151 Å². The number of amides is 1. The summed E-state index contributed by atoms with van der Waals surface area (Å²) in [7, 11) is 1.59. The number of nitrogens with one attached hydrogen (secondary N) is 1. The zero-order valence-electron chi connectivity index (χ0n) is 14.6. The first-order valence-corrected chi connectivity index (χ1v) is 8.88. The van der Waals surface area contributed by atoms with Gasteiger partial charge in [0.2, 0.25) is 11.1 Å². The lowest BCUT2D eigenvalue weighted by Crippen LogP contribution is -2.36. The van der Waals surface area contributed by atoms with Crippen molar-refractivity contribution in [2.75, 3.05) is 31.9 Å². The molecule has 1 aromatic heterocycles. The van der Waals surface area contributed by atoms with Gasteiger partial charge in [-0.25, -0.2) is 4.68 Å². The van der Waals surface area contributed by atoms with E-state index in [1.54, 1.807) is 7.11 Å². The van der Waals surface area contributed by atoms with E-state index in [1.807, 2.05) is 38.1 Å². The summed E-state index contributed by atoms with van der Waals surface area (Å²) in [5.41, 5.74) is 0.823. The van der Waals surface area contributed by atoms with Crippen molar-refractivity contribution >= 4 is 17.7 Å². The van der Waals surface area contributed by atoms with Gasteiger partial charge in [0, 0.05) is 18.7 Å². The Balaban J connectivity index is 1.97. The van der Waals surface area contributed by atoms with Gasteiger partial charge in [0.15, 0.2) is 5.82 Å². The van der Waals surface area contributed by atoms with Crippen LogP contribution in [0.1, 0.15) is 13.8 Å². The smallest absolute Gasteiger partial charge is 0.230 e. The number of nitrogens with zero attached hydrogens (tertiary/aromatic N) is 3. The van der Waals surface area contributed by atoms with Crippen LogP contribution in [0.2, 0.25) is 0 Å². The number of hydrogen-bond acceptors (Lipinski definition) is 7. The maximum Gasteiger partial charge on any atom is 0.230 e. The second-order valence-corrected chi connectivity index (χ2v) is 6.29. The summed E-state index contributed by atoms with van der Waals surface area (Å²) in [6.07, 6.45) is 0. The second-order valence-electron chi connectivity index (χ2n) is 5.35. The molecule has 3 N–H and O–H groups in total. The molecule has 0 aliphatic heterocycles. The summed E-state index contributed by atoms with van der Waals surface area (Å²) in [6.45, 7) is 4.88. The fraction of sp³-hybridized carbons (Fsp3) is 0.438. The molecular formula is C16H23N5O3S. The first kappa shape index (κ1) is 19.1. The molecule has 2 rings (SSSR count). The molecule has 0 fully saturated rings. The minimum absolute atomic E-state index is 0.0479. The number of methoxy groups -OCH3 is 1. The molecule has 136 valence electrons. The molecule has 9 heteroatoms. The van der Waals surface area contributed by atoms with Crippen molar-refractivity contribution in [2.45, 2.75) is 25.0 Å². The van der Waals surface area contributed by atoms with E-state index in [4.69, 9.17) is 15.3 Å². The van der Waals surface area contributed by atoms with E-state index in [-0.39, 0.29) is 17.7 Å². The van der Waals surface area contributed by atoms with Gasteiger partial charge in [-0.05, 0) is 38.1 Å². The van der Waals surface area contributed by atoms with Crippen molar-refractivity contribution in [3.63, 3.8) is 0 Å². The average molecular weight is 365 g/mol. The van der Waals surface area contributed by atoms with Gasteiger partial charge in [-0.1, -0.05) is 11.8 Å². The van der Waals surface area contributed by atoms with Crippen molar-refractivity contribution < 1.29 is 14.3 Å². The van der Waals surface area contributed by atoms with Gasteiger partial charge in [-0.3, -0.25) is 4.79 Å². The molecule has 1 aromatic carbocycles. The summed E-state index contributed by atoms with van der Waals surface area (Å²) in [6, 6.07) is 7.39. The molecule has 1 amide bonds. The van der Waals surface area contributed by atoms with Gasteiger partial charge in [-0.2, -0.15) is 0 Å². The van der Waals surface area contributed by atoms with E-state index in [1.165, 1.54) is 16.4 Å². The fourth-order valence-electron chi connectivity index (χ4n) is 2.18.